The molecular formula is C28H26FN5O6S2. The third-order valence-corrected chi connectivity index (χ3v) is 9.16. The first kappa shape index (κ1) is 29.4. The molecule has 218 valence electrons. The molecule has 1 N–H and O–H groups in total. The lowest BCUT2D eigenvalue weighted by atomic mass is 10.2. The Morgan fingerprint density at radius 1 is 1.02 bits per heavy atom. The van der Waals surface area contributed by atoms with Gasteiger partial charge < -0.3 is 14.8 Å². The number of carbonyl (C=O) groups is 2. The van der Waals surface area contributed by atoms with E-state index in [0.717, 1.165) is 11.8 Å². The molecule has 3 aromatic carbocycles. The van der Waals surface area contributed by atoms with Crippen LogP contribution in [-0.4, -0.2) is 78.5 Å². The fraction of sp³-hybridized carbons (Fsp3) is 0.214. The number of ether oxygens (including phenoxy) is 2. The van der Waals surface area contributed by atoms with E-state index in [-0.39, 0.29) is 29.6 Å². The van der Waals surface area contributed by atoms with Crippen LogP contribution in [0, 0.1) is 5.82 Å². The maximum Gasteiger partial charge on any atom is 0.337 e. The Labute approximate surface area is 245 Å². The molecule has 0 unspecified atom stereocenters. The Morgan fingerprint density at radius 2 is 1.74 bits per heavy atom. The third-order valence-electron chi connectivity index (χ3n) is 6.34. The zero-order chi connectivity index (χ0) is 29.7. The highest BCUT2D eigenvalue weighted by molar-refractivity contribution is 7.99. The summed E-state index contributed by atoms with van der Waals surface area (Å²) in [6, 6.07) is 18.3. The minimum atomic E-state index is -3.77. The van der Waals surface area contributed by atoms with Gasteiger partial charge in [-0.15, -0.1) is 10.2 Å². The maximum atomic E-state index is 13.8. The molecule has 0 atom stereocenters. The minimum absolute atomic E-state index is 0.0382. The van der Waals surface area contributed by atoms with Crippen molar-refractivity contribution in [3.05, 3.63) is 84.2 Å². The molecule has 1 saturated heterocycles. The van der Waals surface area contributed by atoms with Crippen LogP contribution in [0.2, 0.25) is 0 Å². The lowest BCUT2D eigenvalue weighted by Gasteiger charge is -2.26. The Bertz CT molecular complexity index is 1690. The van der Waals surface area contributed by atoms with Gasteiger partial charge in [-0.05, 0) is 60.7 Å². The predicted octanol–water partition coefficient (Wildman–Crippen LogP) is 3.61. The summed E-state index contributed by atoms with van der Waals surface area (Å²) in [5, 5.41) is 11.7. The number of benzene rings is 3. The van der Waals surface area contributed by atoms with Crippen LogP contribution >= 0.6 is 11.8 Å². The van der Waals surface area contributed by atoms with E-state index >= 15 is 0 Å². The molecule has 2 heterocycles. The summed E-state index contributed by atoms with van der Waals surface area (Å²) in [5.74, 6) is -0.965. The van der Waals surface area contributed by atoms with Crippen molar-refractivity contribution in [3.63, 3.8) is 0 Å². The van der Waals surface area contributed by atoms with E-state index in [2.05, 4.69) is 20.3 Å². The van der Waals surface area contributed by atoms with Crippen LogP contribution in [0.4, 0.5) is 10.1 Å². The highest BCUT2D eigenvalue weighted by Gasteiger charge is 2.27. The third kappa shape index (κ3) is 6.51. The van der Waals surface area contributed by atoms with Gasteiger partial charge in [-0.25, -0.2) is 17.6 Å². The van der Waals surface area contributed by atoms with Gasteiger partial charge in [-0.3, -0.25) is 9.36 Å². The summed E-state index contributed by atoms with van der Waals surface area (Å²) in [7, 11) is -2.48. The molecule has 0 radical (unpaired) electrons. The van der Waals surface area contributed by atoms with Gasteiger partial charge in [0.25, 0.3) is 0 Å². The molecule has 4 aromatic rings. The average Bonchev–Trinajstić information content (AvgIpc) is 3.45. The van der Waals surface area contributed by atoms with Crippen molar-refractivity contribution in [3.8, 4) is 17.1 Å². The molecule has 14 heteroatoms. The van der Waals surface area contributed by atoms with E-state index < -0.39 is 21.8 Å². The Morgan fingerprint density at radius 3 is 2.43 bits per heavy atom. The quantitative estimate of drug-likeness (QED) is 0.223. The normalized spacial score (nSPS) is 14.0. The van der Waals surface area contributed by atoms with Gasteiger partial charge >= 0.3 is 5.97 Å². The molecule has 1 aliphatic heterocycles. The number of morpholine rings is 1. The Hall–Kier alpha value is -4.11. The van der Waals surface area contributed by atoms with Crippen molar-refractivity contribution in [2.45, 2.75) is 10.1 Å². The number of rotatable bonds is 9. The van der Waals surface area contributed by atoms with Crippen molar-refractivity contribution >= 4 is 39.3 Å². The van der Waals surface area contributed by atoms with Gasteiger partial charge in [0.1, 0.15) is 5.82 Å². The molecule has 42 heavy (non-hydrogen) atoms. The summed E-state index contributed by atoms with van der Waals surface area (Å²) in [5.41, 5.74) is 1.85. The fourth-order valence-corrected chi connectivity index (χ4v) is 6.45. The largest absolute Gasteiger partial charge is 0.465 e. The van der Waals surface area contributed by atoms with Crippen LogP contribution in [0.3, 0.4) is 0 Å². The van der Waals surface area contributed by atoms with E-state index in [4.69, 9.17) is 4.74 Å². The molecule has 1 aromatic heterocycles. The minimum Gasteiger partial charge on any atom is -0.465 e. The molecule has 0 aliphatic carbocycles. The monoisotopic (exact) mass is 611 g/mol. The number of amides is 1. The average molecular weight is 612 g/mol. The number of aromatic nitrogens is 3. The number of halogens is 1. The molecular weight excluding hydrogens is 585 g/mol. The van der Waals surface area contributed by atoms with E-state index in [0.29, 0.717) is 46.7 Å². The first-order chi connectivity index (χ1) is 20.3. The zero-order valence-corrected chi connectivity index (χ0v) is 24.0. The van der Waals surface area contributed by atoms with Crippen molar-refractivity contribution in [2.24, 2.45) is 0 Å². The number of anilines is 1. The highest BCUT2D eigenvalue weighted by Crippen LogP contribution is 2.30. The van der Waals surface area contributed by atoms with Crippen molar-refractivity contribution in [1.29, 1.82) is 0 Å². The van der Waals surface area contributed by atoms with Crippen molar-refractivity contribution < 1.29 is 31.9 Å². The number of carbonyl (C=O) groups excluding carboxylic acids is 2. The Balaban J connectivity index is 1.40. The zero-order valence-electron chi connectivity index (χ0n) is 22.4. The van der Waals surface area contributed by atoms with Crippen LogP contribution in [0.15, 0.2) is 82.8 Å². The molecule has 11 nitrogen and oxygen atoms in total. The lowest BCUT2D eigenvalue weighted by Crippen LogP contribution is -2.40. The van der Waals surface area contributed by atoms with Gasteiger partial charge in [0.2, 0.25) is 15.9 Å². The topological polar surface area (TPSA) is 133 Å². The highest BCUT2D eigenvalue weighted by atomic mass is 32.2. The molecule has 0 bridgehead atoms. The smallest absolute Gasteiger partial charge is 0.337 e. The summed E-state index contributed by atoms with van der Waals surface area (Å²) in [6.45, 7) is 1.17. The summed E-state index contributed by atoms with van der Waals surface area (Å²) < 4.78 is 53.3. The SMILES string of the molecule is COC(=O)c1ccc(NC(=O)CSc2nnc(-c3cccc(S(=O)(=O)N4CCOCC4)c3)n2-c2ccc(F)cc2)cc1. The number of esters is 1. The van der Waals surface area contributed by atoms with Crippen molar-refractivity contribution in [1.82, 2.24) is 19.1 Å². The van der Waals surface area contributed by atoms with Gasteiger partial charge in [0.05, 0.1) is 36.5 Å². The Kier molecular flexibility index (Phi) is 8.97. The molecule has 1 amide bonds. The number of thioether (sulfide) groups is 1. The van der Waals surface area contributed by atoms with Crippen molar-refractivity contribution in [2.75, 3.05) is 44.5 Å². The molecule has 5 rings (SSSR count). The van der Waals surface area contributed by atoms with Crippen LogP contribution < -0.4 is 5.32 Å². The van der Waals surface area contributed by atoms with Gasteiger partial charge in [0, 0.05) is 30.0 Å². The van der Waals surface area contributed by atoms with Crippen LogP contribution in [-0.2, 0) is 24.3 Å². The predicted molar refractivity (Wildman–Crippen MR) is 153 cm³/mol. The van der Waals surface area contributed by atoms with E-state index in [1.807, 2.05) is 0 Å². The summed E-state index contributed by atoms with van der Waals surface area (Å²) in [6.07, 6.45) is 0. The van der Waals surface area contributed by atoms with E-state index in [1.165, 1.54) is 35.7 Å². The van der Waals surface area contributed by atoms with Crippen LogP contribution in [0.5, 0.6) is 0 Å². The lowest BCUT2D eigenvalue weighted by molar-refractivity contribution is -0.113. The number of methoxy groups -OCH3 is 1. The second-order valence-corrected chi connectivity index (χ2v) is 11.9. The number of hydrogen-bond donors (Lipinski definition) is 1. The van der Waals surface area contributed by atoms with Crippen LogP contribution in [0.25, 0.3) is 17.1 Å². The van der Waals surface area contributed by atoms with E-state index in [1.54, 1.807) is 53.1 Å². The van der Waals surface area contributed by atoms with Gasteiger partial charge in [-0.2, -0.15) is 4.31 Å². The summed E-state index contributed by atoms with van der Waals surface area (Å²) in [4.78, 5) is 24.5. The number of hydrogen-bond acceptors (Lipinski definition) is 9. The second kappa shape index (κ2) is 12.8. The van der Waals surface area contributed by atoms with Gasteiger partial charge in [-0.1, -0.05) is 23.9 Å². The number of nitrogens with one attached hydrogen (secondary N) is 1. The first-order valence-corrected chi connectivity index (χ1v) is 15.2. The molecule has 0 saturated carbocycles. The molecule has 1 fully saturated rings. The fourth-order valence-electron chi connectivity index (χ4n) is 4.24. The number of sulfonamides is 1. The standard InChI is InChI=1S/C28H26FN5O6S2/c1-39-27(36)19-5-9-22(10-6-19)30-25(35)18-41-28-32-31-26(34(28)23-11-7-21(29)8-12-23)20-3-2-4-24(17-20)42(37,38)33-13-15-40-16-14-33/h2-12,17H,13-16,18H2,1H3,(H,30,35). The maximum absolute atomic E-state index is 13.8. The summed E-state index contributed by atoms with van der Waals surface area (Å²) >= 11 is 1.10. The molecule has 1 aliphatic rings. The first-order valence-electron chi connectivity index (χ1n) is 12.8. The number of nitrogens with zero attached hydrogens (tertiary/aromatic N) is 4. The molecule has 0 spiro atoms. The van der Waals surface area contributed by atoms with E-state index in [9.17, 15) is 22.4 Å². The van der Waals surface area contributed by atoms with Crippen LogP contribution in [0.1, 0.15) is 10.4 Å². The van der Waals surface area contributed by atoms with Gasteiger partial charge in [0.15, 0.2) is 11.0 Å². The second-order valence-electron chi connectivity index (χ2n) is 9.07.